The number of anilines is 1. The molecule has 1 aliphatic heterocycles. The molecule has 2 N–H and O–H groups in total. The van der Waals surface area contributed by atoms with Gasteiger partial charge < -0.3 is 26.5 Å². The summed E-state index contributed by atoms with van der Waals surface area (Å²) >= 11 is 0. The van der Waals surface area contributed by atoms with Crippen LogP contribution in [-0.2, 0) is 13.6 Å². The number of nitro benzene ring substituents is 1. The number of hydrogen-bond donors (Lipinski definition) is 1. The van der Waals surface area contributed by atoms with E-state index in [0.29, 0.717) is 17.4 Å². The minimum atomic E-state index is -0.529. The summed E-state index contributed by atoms with van der Waals surface area (Å²) in [7, 11) is 1.80. The number of benzene rings is 2. The molecular formula is C19H17BrN4O5. The van der Waals surface area contributed by atoms with E-state index in [4.69, 9.17) is 15.2 Å². The lowest BCUT2D eigenvalue weighted by Crippen LogP contribution is -3.00. The van der Waals surface area contributed by atoms with Crippen molar-refractivity contribution in [1.82, 2.24) is 4.57 Å². The largest absolute Gasteiger partial charge is 1.00 e. The molecule has 0 saturated heterocycles. The predicted octanol–water partition coefficient (Wildman–Crippen LogP) is -0.914. The van der Waals surface area contributed by atoms with Crippen molar-refractivity contribution in [2.24, 2.45) is 7.05 Å². The topological polar surface area (TPSA) is 114 Å². The number of hydrogen-bond acceptors (Lipinski definition) is 6. The zero-order valence-corrected chi connectivity index (χ0v) is 17.0. The molecule has 0 fully saturated rings. The maximum atomic E-state index is 12.6. The van der Waals surface area contributed by atoms with Gasteiger partial charge in [-0.2, -0.15) is 0 Å². The fraction of sp³-hybridized carbons (Fsp3) is 0.158. The molecule has 0 radical (unpaired) electrons. The first-order valence-corrected chi connectivity index (χ1v) is 8.46. The number of halogens is 1. The summed E-state index contributed by atoms with van der Waals surface area (Å²) in [6.07, 6.45) is 1.77. The normalized spacial score (nSPS) is 11.8. The van der Waals surface area contributed by atoms with Gasteiger partial charge in [0.2, 0.25) is 6.79 Å². The molecule has 0 spiro atoms. The van der Waals surface area contributed by atoms with Crippen molar-refractivity contribution in [3.8, 4) is 22.8 Å². The lowest BCUT2D eigenvalue weighted by molar-refractivity contribution is -0.667. The quantitative estimate of drug-likeness (QED) is 0.228. The first-order chi connectivity index (χ1) is 13.4. The summed E-state index contributed by atoms with van der Waals surface area (Å²) in [5.74, 6) is 1.44. The maximum Gasteiger partial charge on any atom is 0.355 e. The lowest BCUT2D eigenvalue weighted by atomic mass is 10.1. The van der Waals surface area contributed by atoms with Gasteiger partial charge in [-0.1, -0.05) is 12.1 Å². The highest BCUT2D eigenvalue weighted by atomic mass is 79.9. The van der Waals surface area contributed by atoms with Gasteiger partial charge in [0.25, 0.3) is 5.69 Å². The average Bonchev–Trinajstić information content (AvgIpc) is 3.27. The molecule has 0 saturated carbocycles. The Bertz CT molecular complexity index is 1110. The summed E-state index contributed by atoms with van der Waals surface area (Å²) in [6, 6.07) is 11.2. The highest BCUT2D eigenvalue weighted by Gasteiger charge is 2.23. The summed E-state index contributed by atoms with van der Waals surface area (Å²) < 4.78 is 14.1. The molecule has 3 aromatic rings. The van der Waals surface area contributed by atoms with Crippen LogP contribution in [0.1, 0.15) is 10.4 Å². The van der Waals surface area contributed by atoms with Crippen molar-refractivity contribution < 1.29 is 40.7 Å². The first-order valence-electron chi connectivity index (χ1n) is 8.46. The lowest BCUT2D eigenvalue weighted by Gasteiger charge is -2.01. The molecule has 0 amide bonds. The van der Waals surface area contributed by atoms with E-state index in [0.717, 1.165) is 11.3 Å². The van der Waals surface area contributed by atoms with Crippen LogP contribution in [0.2, 0.25) is 0 Å². The molecule has 0 atom stereocenters. The third kappa shape index (κ3) is 3.79. The number of rotatable bonds is 5. The average molecular weight is 461 g/mol. The zero-order chi connectivity index (χ0) is 19.8. The molecule has 0 bridgehead atoms. The standard InChI is InChI=1S/C19H16N4O5.BrH/c1-21-15(12-5-6-17-18(8-12)28-11-27-17)9-22(19(21)20)10-16(24)13-3-2-4-14(7-13)23(25)26;/h2-9,20H,10-11H2,1H3;1H. The Morgan fingerprint density at radius 1 is 1.24 bits per heavy atom. The second-order valence-electron chi connectivity index (χ2n) is 6.36. The van der Waals surface area contributed by atoms with Crippen molar-refractivity contribution in [2.45, 2.75) is 6.54 Å². The van der Waals surface area contributed by atoms with Crippen LogP contribution in [0, 0.1) is 10.1 Å². The van der Waals surface area contributed by atoms with Crippen LogP contribution in [0.25, 0.3) is 11.3 Å². The van der Waals surface area contributed by atoms with Crippen LogP contribution in [-0.4, -0.2) is 22.1 Å². The van der Waals surface area contributed by atoms with E-state index in [2.05, 4.69) is 0 Å². The number of carbonyl (C=O) groups is 1. The molecule has 1 aromatic heterocycles. The van der Waals surface area contributed by atoms with E-state index in [1.165, 1.54) is 18.2 Å². The summed E-state index contributed by atoms with van der Waals surface area (Å²) in [4.78, 5) is 23.0. The van der Waals surface area contributed by atoms with E-state index in [1.807, 2.05) is 18.2 Å². The van der Waals surface area contributed by atoms with E-state index in [9.17, 15) is 14.9 Å². The summed E-state index contributed by atoms with van der Waals surface area (Å²) in [5.41, 5.74) is 7.95. The SMILES string of the molecule is Cn1c(-c2ccc3c(c2)OCO3)c[n+](CC(=O)c2cccc([N+](=O)[O-])c2)c1N.[Br-]. The molecule has 4 rings (SSSR count). The Morgan fingerprint density at radius 2 is 2.00 bits per heavy atom. The number of ether oxygens (including phenoxy) is 2. The van der Waals surface area contributed by atoms with E-state index < -0.39 is 4.92 Å². The van der Waals surface area contributed by atoms with E-state index in [-0.39, 0.29) is 47.4 Å². The number of nitrogen functional groups attached to an aromatic ring is 1. The molecule has 9 nitrogen and oxygen atoms in total. The predicted molar refractivity (Wildman–Crippen MR) is 99.0 cm³/mol. The number of non-ortho nitro benzene ring substituents is 1. The van der Waals surface area contributed by atoms with Gasteiger partial charge in [-0.05, 0) is 18.2 Å². The molecule has 29 heavy (non-hydrogen) atoms. The van der Waals surface area contributed by atoms with Crippen LogP contribution in [0.15, 0.2) is 48.7 Å². The van der Waals surface area contributed by atoms with Crippen molar-refractivity contribution >= 4 is 17.4 Å². The third-order valence-corrected chi connectivity index (χ3v) is 4.64. The number of aromatic nitrogens is 2. The molecule has 2 aromatic carbocycles. The number of ketones is 1. The fourth-order valence-corrected chi connectivity index (χ4v) is 3.11. The Balaban J connectivity index is 0.00000240. The van der Waals surface area contributed by atoms with Crippen LogP contribution in [0.3, 0.4) is 0 Å². The van der Waals surface area contributed by atoms with Gasteiger partial charge in [0.05, 0.1) is 12.0 Å². The second-order valence-corrected chi connectivity index (χ2v) is 6.36. The number of imidazole rings is 1. The van der Waals surface area contributed by atoms with Gasteiger partial charge in [0.15, 0.2) is 17.3 Å². The van der Waals surface area contributed by atoms with Crippen LogP contribution >= 0.6 is 0 Å². The smallest absolute Gasteiger partial charge is 0.355 e. The number of nitrogens with zero attached hydrogens (tertiary/aromatic N) is 3. The highest BCUT2D eigenvalue weighted by molar-refractivity contribution is 5.95. The van der Waals surface area contributed by atoms with Gasteiger partial charge in [-0.3, -0.25) is 20.6 Å². The van der Waals surface area contributed by atoms with Gasteiger partial charge in [-0.15, -0.1) is 0 Å². The Labute approximate surface area is 176 Å². The van der Waals surface area contributed by atoms with Gasteiger partial charge in [0, 0.05) is 23.3 Å². The number of nitro groups is 1. The monoisotopic (exact) mass is 460 g/mol. The maximum absolute atomic E-state index is 12.6. The van der Waals surface area contributed by atoms with E-state index in [1.54, 1.807) is 28.4 Å². The minimum absolute atomic E-state index is 0. The molecule has 2 heterocycles. The fourth-order valence-electron chi connectivity index (χ4n) is 3.11. The van der Waals surface area contributed by atoms with Crippen LogP contribution < -0.4 is 36.8 Å². The van der Waals surface area contributed by atoms with Gasteiger partial charge >= 0.3 is 5.95 Å². The minimum Gasteiger partial charge on any atom is -1.00 e. The first kappa shape index (κ1) is 20.3. The Hall–Kier alpha value is -3.40. The Kier molecular flexibility index (Phi) is 5.55. The summed E-state index contributed by atoms with van der Waals surface area (Å²) in [5, 5.41) is 10.9. The molecule has 1 aliphatic rings. The number of fused-ring (bicyclic) bond motifs is 1. The molecule has 10 heteroatoms. The van der Waals surface area contributed by atoms with E-state index >= 15 is 0 Å². The van der Waals surface area contributed by atoms with Gasteiger partial charge in [-0.25, -0.2) is 9.13 Å². The number of Topliss-reactive ketones (excluding diaryl/α,β-unsaturated/α-hetero) is 1. The molecule has 0 unspecified atom stereocenters. The number of carbonyl (C=O) groups excluding carboxylic acids is 1. The molecule has 0 aliphatic carbocycles. The van der Waals surface area contributed by atoms with Crippen molar-refractivity contribution in [3.63, 3.8) is 0 Å². The number of nitrogens with two attached hydrogens (primary N) is 1. The van der Waals surface area contributed by atoms with Crippen LogP contribution in [0.4, 0.5) is 11.6 Å². The molecule has 150 valence electrons. The molecular weight excluding hydrogens is 444 g/mol. The van der Waals surface area contributed by atoms with Crippen LogP contribution in [0.5, 0.6) is 11.5 Å². The highest BCUT2D eigenvalue weighted by Crippen LogP contribution is 2.35. The second kappa shape index (κ2) is 7.92. The van der Waals surface area contributed by atoms with Crippen molar-refractivity contribution in [2.75, 3.05) is 12.5 Å². The third-order valence-electron chi connectivity index (χ3n) is 4.64. The van der Waals surface area contributed by atoms with Crippen molar-refractivity contribution in [3.05, 3.63) is 64.3 Å². The Morgan fingerprint density at radius 3 is 2.76 bits per heavy atom. The summed E-state index contributed by atoms with van der Waals surface area (Å²) in [6.45, 7) is 0.150. The zero-order valence-electron chi connectivity index (χ0n) is 15.4. The van der Waals surface area contributed by atoms with Crippen molar-refractivity contribution in [1.29, 1.82) is 0 Å². The van der Waals surface area contributed by atoms with Gasteiger partial charge in [0.1, 0.15) is 18.4 Å².